The van der Waals surface area contributed by atoms with Crippen molar-refractivity contribution in [2.75, 3.05) is 0 Å². The van der Waals surface area contributed by atoms with Crippen LogP contribution >= 0.6 is 0 Å². The first kappa shape index (κ1) is 5.79. The first-order valence-corrected chi connectivity index (χ1v) is 6.13. The molecule has 0 aliphatic rings. The standard InChI is InChI=1S/C18H30O/c1-16(2,3)12-10-13(17(4,5)6)15(19)14(11-12)18(7,8)9/h10-11,19H,1-9H3/i4D3,5D3,6D3,7D3. The zero-order valence-electron chi connectivity index (χ0n) is 24.1. The highest BCUT2D eigenvalue weighted by Crippen LogP contribution is 2.41. The fourth-order valence-electron chi connectivity index (χ4n) is 1.83. The Morgan fingerprint density at radius 3 is 1.58 bits per heavy atom. The van der Waals surface area contributed by atoms with Gasteiger partial charge in [0.1, 0.15) is 5.75 Å². The summed E-state index contributed by atoms with van der Waals surface area (Å²) in [4.78, 5) is 0. The molecule has 0 saturated heterocycles. The number of aromatic hydroxyl groups is 1. The van der Waals surface area contributed by atoms with E-state index < -0.39 is 55.0 Å². The van der Waals surface area contributed by atoms with Crippen LogP contribution in [0.2, 0.25) is 0 Å². The van der Waals surface area contributed by atoms with Crippen molar-refractivity contribution < 1.29 is 21.6 Å². The van der Waals surface area contributed by atoms with E-state index in [0.717, 1.165) is 6.07 Å². The molecule has 0 fully saturated rings. The van der Waals surface area contributed by atoms with Gasteiger partial charge in [0, 0.05) is 16.4 Å². The van der Waals surface area contributed by atoms with Crippen LogP contribution in [0.15, 0.2) is 12.1 Å². The summed E-state index contributed by atoms with van der Waals surface area (Å²) in [5.74, 6) is -0.947. The van der Waals surface area contributed by atoms with Gasteiger partial charge in [-0.25, -0.2) is 0 Å². The summed E-state index contributed by atoms with van der Waals surface area (Å²) in [5, 5.41) is 11.1. The Labute approximate surface area is 135 Å². The minimum absolute atomic E-state index is 0.239. The smallest absolute Gasteiger partial charge is 0.123 e. The molecular weight excluding hydrogens is 232 g/mol. The fourth-order valence-corrected chi connectivity index (χ4v) is 1.83. The normalized spacial score (nSPS) is 25.7. The van der Waals surface area contributed by atoms with Gasteiger partial charge in [0.05, 0.1) is 0 Å². The average Bonchev–Trinajstić information content (AvgIpc) is 2.42. The summed E-state index contributed by atoms with van der Waals surface area (Å²) in [6, 6.07) is 2.44. The van der Waals surface area contributed by atoms with E-state index in [4.69, 9.17) is 16.4 Å². The zero-order chi connectivity index (χ0) is 25.2. The summed E-state index contributed by atoms with van der Waals surface area (Å²) in [6.45, 7) is -5.66. The maximum Gasteiger partial charge on any atom is 0.123 e. The van der Waals surface area contributed by atoms with Crippen molar-refractivity contribution in [3.63, 3.8) is 0 Å². The average molecular weight is 275 g/mol. The maximum atomic E-state index is 11.1. The highest BCUT2D eigenvalue weighted by molar-refractivity contribution is 5.51. The van der Waals surface area contributed by atoms with Crippen LogP contribution in [0.5, 0.6) is 5.75 Å². The second-order valence-corrected chi connectivity index (χ2v) is 6.54. The summed E-state index contributed by atoms with van der Waals surface area (Å²) in [5.41, 5.74) is -6.69. The second kappa shape index (κ2) is 4.54. The van der Waals surface area contributed by atoms with E-state index in [2.05, 4.69) is 0 Å². The topological polar surface area (TPSA) is 20.2 Å². The Morgan fingerprint density at radius 1 is 0.789 bits per heavy atom. The lowest BCUT2D eigenvalue weighted by atomic mass is 9.75. The molecule has 0 atom stereocenters. The Kier molecular flexibility index (Phi) is 1.38. The van der Waals surface area contributed by atoms with E-state index in [1.807, 2.05) is 0 Å². The first-order valence-electron chi connectivity index (χ1n) is 12.1. The maximum absolute atomic E-state index is 11.1. The van der Waals surface area contributed by atoms with Crippen LogP contribution in [-0.4, -0.2) is 5.11 Å². The molecule has 0 bridgehead atoms. The predicted molar refractivity (Wildman–Crippen MR) is 84.2 cm³/mol. The SMILES string of the molecule is [2H]C([2H])([2H])C(C)(C)c1cc(C(C)(C)C)cc(C(C([2H])([2H])[2H])(C([2H])([2H])[2H])C([2H])([2H])[2H])c1O. The molecule has 1 aromatic carbocycles. The third-order valence-electron chi connectivity index (χ3n) is 3.05. The van der Waals surface area contributed by atoms with Gasteiger partial charge in [-0.15, -0.1) is 0 Å². The third-order valence-corrected chi connectivity index (χ3v) is 3.05. The van der Waals surface area contributed by atoms with E-state index >= 15 is 0 Å². The molecule has 0 aliphatic carbocycles. The number of phenols is 1. The molecule has 0 heterocycles. The van der Waals surface area contributed by atoms with Crippen LogP contribution < -0.4 is 0 Å². The molecule has 0 spiro atoms. The van der Waals surface area contributed by atoms with E-state index in [1.54, 1.807) is 20.8 Å². The molecule has 1 aromatic rings. The number of phenolic OH excluding ortho intramolecular Hbond substituents is 1. The van der Waals surface area contributed by atoms with Crippen LogP contribution in [-0.2, 0) is 16.2 Å². The quantitative estimate of drug-likeness (QED) is 0.682. The monoisotopic (exact) mass is 274 g/mol. The molecule has 0 unspecified atom stereocenters. The Bertz CT molecular complexity index is 781. The summed E-state index contributed by atoms with van der Waals surface area (Å²) in [7, 11) is 0. The Balaban J connectivity index is 4.44. The van der Waals surface area contributed by atoms with E-state index in [0.29, 0.717) is 5.56 Å². The van der Waals surface area contributed by atoms with Gasteiger partial charge in [-0.1, -0.05) is 74.2 Å². The molecule has 0 aromatic heterocycles. The highest BCUT2D eigenvalue weighted by Gasteiger charge is 2.28. The molecule has 1 heteroatoms. The molecule has 1 N–H and O–H groups in total. The van der Waals surface area contributed by atoms with E-state index in [9.17, 15) is 5.11 Å². The van der Waals surface area contributed by atoms with Crippen molar-refractivity contribution >= 4 is 0 Å². The van der Waals surface area contributed by atoms with E-state index in [-0.39, 0.29) is 5.56 Å². The fraction of sp³-hybridized carbons (Fsp3) is 0.667. The highest BCUT2D eigenvalue weighted by atomic mass is 16.3. The number of benzene rings is 1. The van der Waals surface area contributed by atoms with Gasteiger partial charge in [-0.05, 0) is 32.9 Å². The minimum Gasteiger partial charge on any atom is -0.507 e. The number of hydrogen-bond acceptors (Lipinski definition) is 1. The van der Waals surface area contributed by atoms with Gasteiger partial charge in [0.2, 0.25) is 0 Å². The first-order chi connectivity index (χ1) is 13.2. The number of hydrogen-bond donors (Lipinski definition) is 1. The van der Waals surface area contributed by atoms with Crippen molar-refractivity contribution in [1.82, 2.24) is 0 Å². The lowest BCUT2D eigenvalue weighted by Gasteiger charge is -2.31. The molecule has 19 heavy (non-hydrogen) atoms. The van der Waals surface area contributed by atoms with Crippen molar-refractivity contribution in [3.05, 3.63) is 28.8 Å². The molecule has 0 radical (unpaired) electrons. The summed E-state index contributed by atoms with van der Waals surface area (Å²) in [6.07, 6.45) is 0. The van der Waals surface area contributed by atoms with Crippen LogP contribution in [0.1, 0.15) is 95.2 Å². The molecule has 0 amide bonds. The number of rotatable bonds is 0. The van der Waals surface area contributed by atoms with Gasteiger partial charge in [0.25, 0.3) is 0 Å². The summed E-state index contributed by atoms with van der Waals surface area (Å²) < 4.78 is 95.2. The van der Waals surface area contributed by atoms with Gasteiger partial charge in [0.15, 0.2) is 0 Å². The van der Waals surface area contributed by atoms with Crippen molar-refractivity contribution in [2.24, 2.45) is 0 Å². The molecule has 108 valence electrons. The zero-order valence-corrected chi connectivity index (χ0v) is 12.1. The minimum atomic E-state index is -3.58. The summed E-state index contributed by atoms with van der Waals surface area (Å²) >= 11 is 0. The van der Waals surface area contributed by atoms with Crippen LogP contribution in [0.4, 0.5) is 0 Å². The predicted octanol–water partition coefficient (Wildman–Crippen LogP) is 5.28. The largest absolute Gasteiger partial charge is 0.507 e. The van der Waals surface area contributed by atoms with Crippen molar-refractivity contribution in [3.8, 4) is 5.75 Å². The van der Waals surface area contributed by atoms with Gasteiger partial charge in [-0.3, -0.25) is 0 Å². The third kappa shape index (κ3) is 3.52. The van der Waals surface area contributed by atoms with Crippen molar-refractivity contribution in [2.45, 2.75) is 78.3 Å². The van der Waals surface area contributed by atoms with Gasteiger partial charge >= 0.3 is 0 Å². The molecular formula is C18H30O. The van der Waals surface area contributed by atoms with Gasteiger partial charge in [-0.2, -0.15) is 0 Å². The van der Waals surface area contributed by atoms with Crippen LogP contribution in [0.3, 0.4) is 0 Å². The van der Waals surface area contributed by atoms with Crippen molar-refractivity contribution in [1.29, 1.82) is 0 Å². The van der Waals surface area contributed by atoms with E-state index in [1.165, 1.54) is 19.9 Å². The van der Waals surface area contributed by atoms with Gasteiger partial charge < -0.3 is 5.11 Å². The second-order valence-electron chi connectivity index (χ2n) is 6.54. The Hall–Kier alpha value is -0.980. The lowest BCUT2D eigenvalue weighted by Crippen LogP contribution is -2.21. The van der Waals surface area contributed by atoms with Crippen LogP contribution in [0, 0.1) is 0 Å². The van der Waals surface area contributed by atoms with Crippen LogP contribution in [0.25, 0.3) is 0 Å². The molecule has 0 aliphatic heterocycles. The molecule has 1 rings (SSSR count). The Morgan fingerprint density at radius 2 is 1.21 bits per heavy atom. The molecule has 1 nitrogen and oxygen atoms in total. The lowest BCUT2D eigenvalue weighted by molar-refractivity contribution is 0.421. The molecule has 0 saturated carbocycles.